The molecule has 2 atom stereocenters. The van der Waals surface area contributed by atoms with Crippen molar-refractivity contribution >= 4 is 33.0 Å². The number of carbonyl (C=O) groups is 1. The smallest absolute Gasteiger partial charge is 0.263 e. The van der Waals surface area contributed by atoms with Gasteiger partial charge in [-0.05, 0) is 24.5 Å². The first-order valence-electron chi connectivity index (χ1n) is 6.27. The third-order valence-electron chi connectivity index (χ3n) is 3.57. The molecule has 1 aromatic carbocycles. The van der Waals surface area contributed by atoms with Gasteiger partial charge in [0.25, 0.3) is 5.91 Å². The maximum absolute atomic E-state index is 12.2. The molecule has 5 heteroatoms. The minimum atomic E-state index is -0.0740. The van der Waals surface area contributed by atoms with Gasteiger partial charge in [0.1, 0.15) is 10.6 Å². The fraction of sp³-hybridized carbons (Fsp3) is 0.357. The number of nitrogens with two attached hydrogens (primary N) is 1. The van der Waals surface area contributed by atoms with Crippen LogP contribution in [0.15, 0.2) is 18.2 Å². The van der Waals surface area contributed by atoms with E-state index < -0.39 is 0 Å². The third kappa shape index (κ3) is 2.04. The number of hydrogen-bond acceptors (Lipinski definition) is 4. The lowest BCUT2D eigenvalue weighted by molar-refractivity contribution is 0.0954. The van der Waals surface area contributed by atoms with Crippen LogP contribution < -0.4 is 15.8 Å². The van der Waals surface area contributed by atoms with E-state index in [0.717, 1.165) is 16.5 Å². The molecule has 1 heterocycles. The van der Waals surface area contributed by atoms with Crippen LogP contribution in [-0.2, 0) is 0 Å². The summed E-state index contributed by atoms with van der Waals surface area (Å²) < 4.78 is 6.28. The molecule has 0 bridgehead atoms. The number of amides is 1. The van der Waals surface area contributed by atoms with Crippen LogP contribution >= 0.6 is 11.3 Å². The van der Waals surface area contributed by atoms with Gasteiger partial charge in [-0.25, -0.2) is 0 Å². The molecule has 1 aliphatic carbocycles. The van der Waals surface area contributed by atoms with E-state index in [-0.39, 0.29) is 5.91 Å². The summed E-state index contributed by atoms with van der Waals surface area (Å²) in [5.41, 5.74) is 6.63. The molecule has 19 heavy (non-hydrogen) atoms. The number of fused-ring (bicyclic) bond motifs is 1. The van der Waals surface area contributed by atoms with E-state index >= 15 is 0 Å². The minimum Gasteiger partial charge on any atom is -0.496 e. The average molecular weight is 276 g/mol. The highest BCUT2D eigenvalue weighted by Gasteiger charge is 2.34. The van der Waals surface area contributed by atoms with Crippen LogP contribution in [0.2, 0.25) is 0 Å². The molecule has 2 aromatic rings. The fourth-order valence-electron chi connectivity index (χ4n) is 2.24. The van der Waals surface area contributed by atoms with Crippen molar-refractivity contribution < 1.29 is 9.53 Å². The Bertz CT molecular complexity index is 650. The van der Waals surface area contributed by atoms with Gasteiger partial charge in [-0.3, -0.25) is 4.79 Å². The lowest BCUT2D eigenvalue weighted by Gasteiger charge is -2.04. The molecule has 3 rings (SSSR count). The van der Waals surface area contributed by atoms with Gasteiger partial charge in [0.2, 0.25) is 0 Å². The standard InChI is InChI=1S/C14H16N2O2S/c1-7-6-8(7)16-14(17)13-12(15)11-9(18-2)4-3-5-10(11)19-13/h3-5,7-8H,6,15H2,1-2H3,(H,16,17). The Labute approximate surface area is 115 Å². The summed E-state index contributed by atoms with van der Waals surface area (Å²) >= 11 is 1.42. The van der Waals surface area contributed by atoms with E-state index in [1.165, 1.54) is 11.3 Å². The number of carbonyl (C=O) groups excluding carboxylic acids is 1. The van der Waals surface area contributed by atoms with Crippen LogP contribution in [-0.4, -0.2) is 19.1 Å². The second kappa shape index (κ2) is 4.42. The maximum atomic E-state index is 12.2. The highest BCUT2D eigenvalue weighted by atomic mass is 32.1. The van der Waals surface area contributed by atoms with Gasteiger partial charge in [-0.2, -0.15) is 0 Å². The van der Waals surface area contributed by atoms with Gasteiger partial charge in [0.05, 0.1) is 18.2 Å². The Morgan fingerprint density at radius 3 is 2.89 bits per heavy atom. The zero-order valence-electron chi connectivity index (χ0n) is 10.9. The Balaban J connectivity index is 2.00. The predicted molar refractivity (Wildman–Crippen MR) is 77.8 cm³/mol. The number of benzene rings is 1. The molecular formula is C14H16N2O2S. The third-order valence-corrected chi connectivity index (χ3v) is 4.74. The largest absolute Gasteiger partial charge is 0.496 e. The van der Waals surface area contributed by atoms with Crippen LogP contribution in [0.3, 0.4) is 0 Å². The van der Waals surface area contributed by atoms with Crippen molar-refractivity contribution in [1.29, 1.82) is 0 Å². The molecule has 0 spiro atoms. The number of nitrogen functional groups attached to an aromatic ring is 1. The van der Waals surface area contributed by atoms with E-state index in [1.54, 1.807) is 7.11 Å². The SMILES string of the molecule is COc1cccc2sc(C(=O)NC3CC3C)c(N)c12. The molecule has 1 amide bonds. The number of anilines is 1. The number of hydrogen-bond donors (Lipinski definition) is 2. The van der Waals surface area contributed by atoms with Crippen LogP contribution in [0.4, 0.5) is 5.69 Å². The first kappa shape index (κ1) is 12.3. The number of thiophene rings is 1. The Hall–Kier alpha value is -1.75. The minimum absolute atomic E-state index is 0.0740. The molecule has 1 aliphatic rings. The molecule has 4 nitrogen and oxygen atoms in total. The molecule has 0 saturated heterocycles. The van der Waals surface area contributed by atoms with E-state index in [2.05, 4.69) is 12.2 Å². The summed E-state index contributed by atoms with van der Waals surface area (Å²) in [4.78, 5) is 12.8. The van der Waals surface area contributed by atoms with E-state index in [9.17, 15) is 4.79 Å². The molecule has 100 valence electrons. The zero-order valence-corrected chi connectivity index (χ0v) is 11.7. The van der Waals surface area contributed by atoms with Gasteiger partial charge in [0.15, 0.2) is 0 Å². The van der Waals surface area contributed by atoms with E-state index in [0.29, 0.717) is 28.3 Å². The molecule has 1 saturated carbocycles. The summed E-state index contributed by atoms with van der Waals surface area (Å²) in [6, 6.07) is 6.02. The van der Waals surface area contributed by atoms with Crippen LogP contribution in [0.25, 0.3) is 10.1 Å². The van der Waals surface area contributed by atoms with Crippen molar-refractivity contribution in [1.82, 2.24) is 5.32 Å². The van der Waals surface area contributed by atoms with Crippen LogP contribution in [0.1, 0.15) is 23.0 Å². The lowest BCUT2D eigenvalue weighted by Crippen LogP contribution is -2.26. The van der Waals surface area contributed by atoms with Gasteiger partial charge < -0.3 is 15.8 Å². The van der Waals surface area contributed by atoms with Crippen molar-refractivity contribution in [2.75, 3.05) is 12.8 Å². The van der Waals surface area contributed by atoms with Crippen molar-refractivity contribution in [3.63, 3.8) is 0 Å². The molecule has 3 N–H and O–H groups in total. The lowest BCUT2D eigenvalue weighted by atomic mass is 10.2. The first-order valence-corrected chi connectivity index (χ1v) is 7.09. The van der Waals surface area contributed by atoms with Gasteiger partial charge in [0, 0.05) is 10.7 Å². The normalized spacial score (nSPS) is 21.4. The fourth-order valence-corrected chi connectivity index (χ4v) is 3.28. The number of nitrogens with one attached hydrogen (secondary N) is 1. The Morgan fingerprint density at radius 2 is 2.26 bits per heavy atom. The molecule has 0 radical (unpaired) electrons. The second-order valence-corrected chi connectivity index (χ2v) is 6.02. The summed E-state index contributed by atoms with van der Waals surface area (Å²) in [7, 11) is 1.61. The van der Waals surface area contributed by atoms with Gasteiger partial charge >= 0.3 is 0 Å². The molecule has 1 fully saturated rings. The van der Waals surface area contributed by atoms with Crippen molar-refractivity contribution in [3.8, 4) is 5.75 Å². The Morgan fingerprint density at radius 1 is 1.53 bits per heavy atom. The van der Waals surface area contributed by atoms with E-state index in [4.69, 9.17) is 10.5 Å². The first-order chi connectivity index (χ1) is 9.11. The number of methoxy groups -OCH3 is 1. The topological polar surface area (TPSA) is 64.3 Å². The second-order valence-electron chi connectivity index (χ2n) is 4.97. The van der Waals surface area contributed by atoms with Crippen LogP contribution in [0, 0.1) is 5.92 Å². The zero-order chi connectivity index (χ0) is 13.6. The van der Waals surface area contributed by atoms with Gasteiger partial charge in [-0.1, -0.05) is 13.0 Å². The predicted octanol–water partition coefficient (Wildman–Crippen LogP) is 2.63. The Kier molecular flexibility index (Phi) is 2.86. The molecule has 1 aromatic heterocycles. The molecule has 2 unspecified atom stereocenters. The van der Waals surface area contributed by atoms with Crippen LogP contribution in [0.5, 0.6) is 5.75 Å². The highest BCUT2D eigenvalue weighted by molar-refractivity contribution is 7.21. The average Bonchev–Trinajstić information content (AvgIpc) is 2.97. The van der Waals surface area contributed by atoms with Crippen molar-refractivity contribution in [2.24, 2.45) is 5.92 Å². The quantitative estimate of drug-likeness (QED) is 0.905. The number of ether oxygens (including phenoxy) is 1. The van der Waals surface area contributed by atoms with Gasteiger partial charge in [-0.15, -0.1) is 11.3 Å². The van der Waals surface area contributed by atoms with Crippen molar-refractivity contribution in [3.05, 3.63) is 23.1 Å². The van der Waals surface area contributed by atoms with Crippen molar-refractivity contribution in [2.45, 2.75) is 19.4 Å². The highest BCUT2D eigenvalue weighted by Crippen LogP contribution is 2.40. The summed E-state index contributed by atoms with van der Waals surface area (Å²) in [6.07, 6.45) is 1.06. The maximum Gasteiger partial charge on any atom is 0.263 e. The summed E-state index contributed by atoms with van der Waals surface area (Å²) in [5, 5.41) is 3.85. The summed E-state index contributed by atoms with van der Waals surface area (Å²) in [5.74, 6) is 1.22. The monoisotopic (exact) mass is 276 g/mol. The summed E-state index contributed by atoms with van der Waals surface area (Å²) in [6.45, 7) is 2.13. The number of rotatable bonds is 3. The molecule has 0 aliphatic heterocycles. The van der Waals surface area contributed by atoms with E-state index in [1.807, 2.05) is 18.2 Å². The molecular weight excluding hydrogens is 260 g/mol.